The van der Waals surface area contributed by atoms with Crippen molar-refractivity contribution in [2.45, 2.75) is 25.3 Å². The molecule has 0 fully saturated rings. The highest BCUT2D eigenvalue weighted by Crippen LogP contribution is 2.33. The number of benzene rings is 2. The highest BCUT2D eigenvalue weighted by Gasteiger charge is 2.33. The second-order valence-corrected chi connectivity index (χ2v) is 7.55. The molecule has 148 valence electrons. The zero-order chi connectivity index (χ0) is 20.1. The van der Waals surface area contributed by atoms with E-state index in [4.69, 9.17) is 0 Å². The summed E-state index contributed by atoms with van der Waals surface area (Å²) in [5.41, 5.74) is 3.43. The summed E-state index contributed by atoms with van der Waals surface area (Å²) >= 11 is 0. The lowest BCUT2D eigenvalue weighted by molar-refractivity contribution is -0.118. The summed E-state index contributed by atoms with van der Waals surface area (Å²) in [6, 6.07) is 9.21. The number of carbonyl (C=O) groups is 1. The van der Waals surface area contributed by atoms with Crippen LogP contribution in [0.4, 0.5) is 20.4 Å². The van der Waals surface area contributed by atoms with Gasteiger partial charge in [0.2, 0.25) is 11.9 Å². The summed E-state index contributed by atoms with van der Waals surface area (Å²) < 4.78 is 29.0. The maximum atomic E-state index is 13.6. The van der Waals surface area contributed by atoms with E-state index >= 15 is 0 Å². The van der Waals surface area contributed by atoms with Gasteiger partial charge in [0.25, 0.3) is 0 Å². The lowest BCUT2D eigenvalue weighted by atomic mass is 9.92. The average molecular weight is 395 g/mol. The fourth-order valence-corrected chi connectivity index (χ4v) is 4.20. The second kappa shape index (κ2) is 6.65. The summed E-state index contributed by atoms with van der Waals surface area (Å²) in [5, 5.41) is 11.4. The summed E-state index contributed by atoms with van der Waals surface area (Å²) in [4.78, 5) is 14.7. The van der Waals surface area contributed by atoms with Crippen molar-refractivity contribution in [1.29, 1.82) is 0 Å². The molecule has 0 aliphatic carbocycles. The van der Waals surface area contributed by atoms with Gasteiger partial charge in [-0.25, -0.2) is 8.78 Å². The molecule has 2 aliphatic heterocycles. The first-order valence-electron chi connectivity index (χ1n) is 9.50. The smallest absolute Gasteiger partial charge is 0.235 e. The molecule has 2 aliphatic rings. The number of anilines is 2. The first-order chi connectivity index (χ1) is 14.0. The van der Waals surface area contributed by atoms with Crippen LogP contribution in [0.25, 0.3) is 0 Å². The maximum absolute atomic E-state index is 13.6. The number of carbonyl (C=O) groups excluding carboxylic acids is 1. The van der Waals surface area contributed by atoms with E-state index < -0.39 is 5.92 Å². The van der Waals surface area contributed by atoms with Gasteiger partial charge in [-0.05, 0) is 59.9 Å². The monoisotopic (exact) mass is 395 g/mol. The van der Waals surface area contributed by atoms with Gasteiger partial charge in [-0.2, -0.15) is 0 Å². The molecule has 8 heteroatoms. The van der Waals surface area contributed by atoms with E-state index in [0.29, 0.717) is 30.4 Å². The van der Waals surface area contributed by atoms with Gasteiger partial charge in [-0.1, -0.05) is 6.07 Å². The normalized spacial score (nSPS) is 18.2. The first kappa shape index (κ1) is 17.8. The highest BCUT2D eigenvalue weighted by atomic mass is 19.1. The molecule has 2 aromatic carbocycles. The van der Waals surface area contributed by atoms with E-state index in [1.54, 1.807) is 16.7 Å². The van der Waals surface area contributed by atoms with Crippen LogP contribution in [0.2, 0.25) is 0 Å². The van der Waals surface area contributed by atoms with Crippen LogP contribution in [0, 0.1) is 11.6 Å². The maximum Gasteiger partial charge on any atom is 0.235 e. The van der Waals surface area contributed by atoms with Crippen LogP contribution in [0.1, 0.15) is 28.4 Å². The molecule has 1 aromatic heterocycles. The van der Waals surface area contributed by atoms with Gasteiger partial charge in [-0.3, -0.25) is 9.36 Å². The van der Waals surface area contributed by atoms with Crippen LogP contribution in [-0.2, 0) is 31.2 Å². The van der Waals surface area contributed by atoms with Gasteiger partial charge in [-0.15, -0.1) is 10.2 Å². The molecule has 0 saturated heterocycles. The average Bonchev–Trinajstić information content (AvgIpc) is 3.08. The van der Waals surface area contributed by atoms with Crippen LogP contribution in [0.3, 0.4) is 0 Å². The zero-order valence-electron chi connectivity index (χ0n) is 15.8. The number of aromatic nitrogens is 3. The van der Waals surface area contributed by atoms with Crippen molar-refractivity contribution >= 4 is 17.5 Å². The van der Waals surface area contributed by atoms with Crippen molar-refractivity contribution in [3.63, 3.8) is 0 Å². The fraction of sp³-hybridized carbons (Fsp3) is 0.286. The molecule has 1 amide bonds. The summed E-state index contributed by atoms with van der Waals surface area (Å²) in [6.45, 7) is 1.26. The zero-order valence-corrected chi connectivity index (χ0v) is 15.8. The van der Waals surface area contributed by atoms with E-state index in [2.05, 4.69) is 15.5 Å². The van der Waals surface area contributed by atoms with Crippen molar-refractivity contribution < 1.29 is 13.6 Å². The minimum absolute atomic E-state index is 0.183. The van der Waals surface area contributed by atoms with Crippen molar-refractivity contribution in [1.82, 2.24) is 14.8 Å². The molecule has 6 nitrogen and oxygen atoms in total. The van der Waals surface area contributed by atoms with Gasteiger partial charge in [0.05, 0.1) is 0 Å². The molecule has 3 heterocycles. The first-order valence-corrected chi connectivity index (χ1v) is 9.50. The standard InChI is InChI=1S/C21H19F2N5O/c1-27-19(17-10-13-8-16(23)4-5-18(13)24-20(17)29)25-26-21(27)28-7-6-12-2-3-15(22)9-14(12)11-28/h2-5,8-9,17H,6-7,10-11H2,1H3,(H,24,29). The van der Waals surface area contributed by atoms with Gasteiger partial charge in [0, 0.05) is 25.8 Å². The molecule has 0 radical (unpaired) electrons. The molecule has 5 rings (SSSR count). The second-order valence-electron chi connectivity index (χ2n) is 7.55. The SMILES string of the molecule is Cn1c(C2Cc3cc(F)ccc3NC2=O)nnc1N1CCc2ccc(F)cc2C1. The molecule has 0 spiro atoms. The molecule has 1 unspecified atom stereocenters. The Morgan fingerprint density at radius 3 is 2.62 bits per heavy atom. The van der Waals surface area contributed by atoms with Crippen molar-refractivity contribution in [2.75, 3.05) is 16.8 Å². The number of nitrogens with one attached hydrogen (secondary N) is 1. The van der Waals surface area contributed by atoms with Crippen molar-refractivity contribution in [3.05, 3.63) is 70.5 Å². The fourth-order valence-electron chi connectivity index (χ4n) is 4.20. The van der Waals surface area contributed by atoms with E-state index in [9.17, 15) is 13.6 Å². The van der Waals surface area contributed by atoms with Crippen LogP contribution in [0.15, 0.2) is 36.4 Å². The molecule has 0 bridgehead atoms. The largest absolute Gasteiger partial charge is 0.336 e. The Hall–Kier alpha value is -3.29. The summed E-state index contributed by atoms with van der Waals surface area (Å²) in [5.74, 6) is -0.168. The van der Waals surface area contributed by atoms with Crippen LogP contribution >= 0.6 is 0 Å². The Morgan fingerprint density at radius 1 is 1.03 bits per heavy atom. The Balaban J connectivity index is 1.44. The van der Waals surface area contributed by atoms with E-state index in [0.717, 1.165) is 29.7 Å². The van der Waals surface area contributed by atoms with Gasteiger partial charge < -0.3 is 10.2 Å². The van der Waals surface area contributed by atoms with Crippen LogP contribution in [-0.4, -0.2) is 27.2 Å². The number of amides is 1. The van der Waals surface area contributed by atoms with Crippen molar-refractivity contribution in [3.8, 4) is 0 Å². The number of fused-ring (bicyclic) bond motifs is 2. The highest BCUT2D eigenvalue weighted by molar-refractivity contribution is 5.98. The third kappa shape index (κ3) is 3.04. The molecular weight excluding hydrogens is 376 g/mol. The number of hydrogen-bond donors (Lipinski definition) is 1. The number of nitrogens with zero attached hydrogens (tertiary/aromatic N) is 4. The molecule has 1 atom stereocenters. The number of rotatable bonds is 2. The van der Waals surface area contributed by atoms with Gasteiger partial charge in [0.15, 0.2) is 0 Å². The quantitative estimate of drug-likeness (QED) is 0.725. The minimum atomic E-state index is -0.551. The van der Waals surface area contributed by atoms with Gasteiger partial charge in [0.1, 0.15) is 23.4 Å². The van der Waals surface area contributed by atoms with Crippen LogP contribution < -0.4 is 10.2 Å². The van der Waals surface area contributed by atoms with E-state index in [-0.39, 0.29) is 17.5 Å². The topological polar surface area (TPSA) is 63.1 Å². The Bertz CT molecular complexity index is 1130. The Labute approximate surface area is 166 Å². The Kier molecular flexibility index (Phi) is 4.08. The molecule has 1 N–H and O–H groups in total. The minimum Gasteiger partial charge on any atom is -0.336 e. The number of hydrogen-bond acceptors (Lipinski definition) is 4. The third-order valence-corrected chi connectivity index (χ3v) is 5.73. The van der Waals surface area contributed by atoms with Gasteiger partial charge >= 0.3 is 0 Å². The van der Waals surface area contributed by atoms with E-state index in [1.807, 2.05) is 18.0 Å². The summed E-state index contributed by atoms with van der Waals surface area (Å²) in [7, 11) is 1.82. The van der Waals surface area contributed by atoms with E-state index in [1.165, 1.54) is 18.2 Å². The third-order valence-electron chi connectivity index (χ3n) is 5.73. The lowest BCUT2D eigenvalue weighted by Crippen LogP contribution is -2.33. The lowest BCUT2D eigenvalue weighted by Gasteiger charge is -2.30. The van der Waals surface area contributed by atoms with Crippen LogP contribution in [0.5, 0.6) is 0 Å². The molecule has 29 heavy (non-hydrogen) atoms. The number of halogens is 2. The molecular formula is C21H19F2N5O. The molecule has 3 aromatic rings. The van der Waals surface area contributed by atoms with Crippen molar-refractivity contribution in [2.24, 2.45) is 7.05 Å². The molecule has 0 saturated carbocycles. The summed E-state index contributed by atoms with van der Waals surface area (Å²) in [6.07, 6.45) is 1.15. The predicted octanol–water partition coefficient (Wildman–Crippen LogP) is 2.93. The predicted molar refractivity (Wildman–Crippen MR) is 104 cm³/mol. The Morgan fingerprint density at radius 2 is 1.79 bits per heavy atom.